The van der Waals surface area contributed by atoms with Crippen LogP contribution in [0.4, 0.5) is 0 Å². The van der Waals surface area contributed by atoms with E-state index in [1.54, 1.807) is 11.3 Å². The Kier molecular flexibility index (Phi) is 4.84. The molecular weight excluding hydrogens is 308 g/mol. The van der Waals surface area contributed by atoms with Crippen LogP contribution in [-0.2, 0) is 11.8 Å². The molecule has 18 heavy (non-hydrogen) atoms. The average molecular weight is 325 g/mol. The van der Waals surface area contributed by atoms with Crippen molar-refractivity contribution in [3.05, 3.63) is 51.2 Å². The van der Waals surface area contributed by atoms with Gasteiger partial charge in [0.15, 0.2) is 0 Å². The molecule has 0 atom stereocenters. The van der Waals surface area contributed by atoms with Crippen LogP contribution in [0.5, 0.6) is 5.75 Å². The van der Waals surface area contributed by atoms with Gasteiger partial charge in [-0.25, -0.2) is 0 Å². The van der Waals surface area contributed by atoms with E-state index >= 15 is 0 Å². The Labute approximate surface area is 121 Å². The molecule has 0 aliphatic carbocycles. The topological polar surface area (TPSA) is 9.23 Å². The molecule has 0 saturated carbocycles. The fraction of sp³-hybridized carbons (Fsp3) is 0.333. The Hall–Kier alpha value is -0.800. The molecule has 2 aromatic rings. The molecule has 3 heteroatoms. The third-order valence-corrected chi connectivity index (χ3v) is 4.27. The van der Waals surface area contributed by atoms with Gasteiger partial charge < -0.3 is 4.74 Å². The van der Waals surface area contributed by atoms with E-state index < -0.39 is 0 Å². The molecule has 1 heterocycles. The number of halogens is 1. The van der Waals surface area contributed by atoms with E-state index in [2.05, 4.69) is 58.7 Å². The molecule has 0 spiro atoms. The van der Waals surface area contributed by atoms with E-state index in [-0.39, 0.29) is 0 Å². The summed E-state index contributed by atoms with van der Waals surface area (Å²) in [5, 5.41) is 5.18. The van der Waals surface area contributed by atoms with Crippen molar-refractivity contribution < 1.29 is 4.74 Å². The minimum Gasteiger partial charge on any atom is -0.493 e. The summed E-state index contributed by atoms with van der Waals surface area (Å²) in [5.74, 6) is 1.04. The molecule has 0 saturated heterocycles. The van der Waals surface area contributed by atoms with Gasteiger partial charge in [-0.1, -0.05) is 28.1 Å². The summed E-state index contributed by atoms with van der Waals surface area (Å²) in [7, 11) is 0. The van der Waals surface area contributed by atoms with Gasteiger partial charge in [0.05, 0.1) is 6.61 Å². The first-order valence-corrected chi connectivity index (χ1v) is 8.07. The van der Waals surface area contributed by atoms with Crippen molar-refractivity contribution in [2.75, 3.05) is 6.61 Å². The van der Waals surface area contributed by atoms with Crippen LogP contribution in [-0.4, -0.2) is 6.61 Å². The van der Waals surface area contributed by atoms with Gasteiger partial charge in [-0.2, -0.15) is 11.3 Å². The molecular formula is C15H17BrOS. The van der Waals surface area contributed by atoms with E-state index in [1.807, 2.05) is 0 Å². The molecule has 2 rings (SSSR count). The van der Waals surface area contributed by atoms with Crippen molar-refractivity contribution in [3.8, 4) is 5.75 Å². The third-order valence-electron chi connectivity index (χ3n) is 2.89. The van der Waals surface area contributed by atoms with Crippen LogP contribution in [0.25, 0.3) is 0 Å². The second-order valence-corrected chi connectivity index (χ2v) is 5.76. The van der Waals surface area contributed by atoms with Crippen molar-refractivity contribution in [1.82, 2.24) is 0 Å². The van der Waals surface area contributed by atoms with Crippen molar-refractivity contribution in [3.63, 3.8) is 0 Å². The molecule has 0 bridgehead atoms. The van der Waals surface area contributed by atoms with E-state index in [1.165, 1.54) is 22.3 Å². The molecule has 0 aliphatic heterocycles. The van der Waals surface area contributed by atoms with E-state index in [0.717, 1.165) is 24.1 Å². The average Bonchev–Trinajstić information content (AvgIpc) is 2.85. The fourth-order valence-electron chi connectivity index (χ4n) is 2.05. The van der Waals surface area contributed by atoms with Gasteiger partial charge in [0.25, 0.3) is 0 Å². The lowest BCUT2D eigenvalue weighted by molar-refractivity contribution is 0.317. The predicted octanol–water partition coefficient (Wildman–Crippen LogP) is 4.88. The monoisotopic (exact) mass is 324 g/mol. The summed E-state index contributed by atoms with van der Waals surface area (Å²) in [5.41, 5.74) is 5.09. The molecule has 1 aromatic carbocycles. The highest BCUT2D eigenvalue weighted by molar-refractivity contribution is 9.08. The number of hydrogen-bond acceptors (Lipinski definition) is 2. The van der Waals surface area contributed by atoms with Crippen LogP contribution >= 0.6 is 27.3 Å². The molecule has 0 radical (unpaired) electrons. The fourth-order valence-corrected chi connectivity index (χ4v) is 3.08. The van der Waals surface area contributed by atoms with Crippen LogP contribution < -0.4 is 4.74 Å². The molecule has 1 aromatic heterocycles. The minimum absolute atomic E-state index is 0.742. The molecule has 0 N–H and O–H groups in total. The van der Waals surface area contributed by atoms with Gasteiger partial charge in [-0.3, -0.25) is 0 Å². The summed E-state index contributed by atoms with van der Waals surface area (Å²) in [6.07, 6.45) is 0.975. The number of rotatable bonds is 5. The number of alkyl halides is 1. The predicted molar refractivity (Wildman–Crippen MR) is 82.1 cm³/mol. The summed E-state index contributed by atoms with van der Waals surface area (Å²) in [6.45, 7) is 4.96. The van der Waals surface area contributed by atoms with Crippen LogP contribution in [0.2, 0.25) is 0 Å². The van der Waals surface area contributed by atoms with Crippen LogP contribution in [0.1, 0.15) is 22.3 Å². The number of benzene rings is 1. The Morgan fingerprint density at radius 3 is 2.44 bits per heavy atom. The Balaban J connectivity index is 2.01. The van der Waals surface area contributed by atoms with Gasteiger partial charge in [0, 0.05) is 11.8 Å². The maximum atomic E-state index is 5.93. The Morgan fingerprint density at radius 2 is 1.89 bits per heavy atom. The van der Waals surface area contributed by atoms with E-state index in [9.17, 15) is 0 Å². The number of ether oxygens (including phenoxy) is 1. The first kappa shape index (κ1) is 13.6. The van der Waals surface area contributed by atoms with Crippen LogP contribution in [0, 0.1) is 13.8 Å². The maximum absolute atomic E-state index is 5.93. The molecule has 0 fully saturated rings. The third kappa shape index (κ3) is 3.36. The largest absolute Gasteiger partial charge is 0.493 e. The van der Waals surface area contributed by atoms with Crippen molar-refractivity contribution in [2.45, 2.75) is 25.6 Å². The standard InChI is InChI=1S/C15H17BrOS/c1-11-7-14(9-16)8-12(2)15(11)17-5-3-13-4-6-18-10-13/h4,6-8,10H,3,5,9H2,1-2H3. The van der Waals surface area contributed by atoms with Gasteiger partial charge in [0.2, 0.25) is 0 Å². The lowest BCUT2D eigenvalue weighted by atomic mass is 10.1. The van der Waals surface area contributed by atoms with Gasteiger partial charge in [0.1, 0.15) is 5.75 Å². The quantitative estimate of drug-likeness (QED) is 0.712. The summed E-state index contributed by atoms with van der Waals surface area (Å²) in [4.78, 5) is 0. The van der Waals surface area contributed by atoms with Gasteiger partial charge in [-0.15, -0.1) is 0 Å². The van der Waals surface area contributed by atoms with Gasteiger partial charge >= 0.3 is 0 Å². The molecule has 0 aliphatic rings. The van der Waals surface area contributed by atoms with E-state index in [4.69, 9.17) is 4.74 Å². The first-order valence-electron chi connectivity index (χ1n) is 6.00. The second-order valence-electron chi connectivity index (χ2n) is 4.42. The summed E-state index contributed by atoms with van der Waals surface area (Å²) >= 11 is 5.23. The number of aryl methyl sites for hydroxylation is 2. The van der Waals surface area contributed by atoms with Crippen LogP contribution in [0.3, 0.4) is 0 Å². The minimum atomic E-state index is 0.742. The maximum Gasteiger partial charge on any atom is 0.125 e. The molecule has 0 unspecified atom stereocenters. The zero-order valence-electron chi connectivity index (χ0n) is 10.7. The number of hydrogen-bond donors (Lipinski definition) is 0. The highest BCUT2D eigenvalue weighted by atomic mass is 79.9. The Bertz CT molecular complexity index is 482. The molecule has 96 valence electrons. The summed E-state index contributed by atoms with van der Waals surface area (Å²) in [6, 6.07) is 6.52. The van der Waals surface area contributed by atoms with Gasteiger partial charge in [-0.05, 0) is 52.9 Å². The SMILES string of the molecule is Cc1cc(CBr)cc(C)c1OCCc1ccsc1. The highest BCUT2D eigenvalue weighted by Gasteiger charge is 2.06. The zero-order valence-corrected chi connectivity index (χ0v) is 13.1. The normalized spacial score (nSPS) is 10.6. The second kappa shape index (κ2) is 6.39. The lowest BCUT2D eigenvalue weighted by Crippen LogP contribution is -2.03. The molecule has 0 amide bonds. The highest BCUT2D eigenvalue weighted by Crippen LogP contribution is 2.26. The van der Waals surface area contributed by atoms with Crippen molar-refractivity contribution in [2.24, 2.45) is 0 Å². The molecule has 1 nitrogen and oxygen atoms in total. The Morgan fingerprint density at radius 1 is 1.17 bits per heavy atom. The van der Waals surface area contributed by atoms with Crippen molar-refractivity contribution >= 4 is 27.3 Å². The number of thiophene rings is 1. The van der Waals surface area contributed by atoms with Crippen molar-refractivity contribution in [1.29, 1.82) is 0 Å². The summed E-state index contributed by atoms with van der Waals surface area (Å²) < 4.78 is 5.93. The first-order chi connectivity index (χ1) is 8.70. The van der Waals surface area contributed by atoms with Crippen LogP contribution in [0.15, 0.2) is 29.0 Å². The lowest BCUT2D eigenvalue weighted by Gasteiger charge is -2.13. The smallest absolute Gasteiger partial charge is 0.125 e. The van der Waals surface area contributed by atoms with E-state index in [0.29, 0.717) is 0 Å². The zero-order chi connectivity index (χ0) is 13.0.